The normalized spacial score (nSPS) is 12.1. The maximum atomic E-state index is 12.0. The van der Waals surface area contributed by atoms with Gasteiger partial charge in [0.25, 0.3) is 10.1 Å². The van der Waals surface area contributed by atoms with Gasteiger partial charge in [0, 0.05) is 22.8 Å². The predicted molar refractivity (Wildman–Crippen MR) is 137 cm³/mol. The highest BCUT2D eigenvalue weighted by atomic mass is 32.2. The maximum Gasteiger partial charge on any atom is 0.296 e. The van der Waals surface area contributed by atoms with Gasteiger partial charge in [-0.05, 0) is 66.4 Å². The summed E-state index contributed by atoms with van der Waals surface area (Å²) in [5, 5.41) is 27.8. The molecule has 0 aromatic heterocycles. The number of benzene rings is 4. The van der Waals surface area contributed by atoms with Crippen LogP contribution < -0.4 is 16.2 Å². The number of ether oxygens (including phenoxy) is 1. The maximum absolute atomic E-state index is 12.0. The quantitative estimate of drug-likeness (QED) is 0.138. The molecule has 0 spiro atoms. The zero-order valence-electron chi connectivity index (χ0n) is 19.2. The number of methoxy groups -OCH3 is 1. The van der Waals surface area contributed by atoms with Crippen LogP contribution >= 0.6 is 0 Å². The molecule has 4 aromatic carbocycles. The number of hydrogen-bond donors (Lipinski definition) is 4. The highest BCUT2D eigenvalue weighted by Crippen LogP contribution is 2.43. The van der Waals surface area contributed by atoms with Gasteiger partial charge in [-0.15, -0.1) is 10.2 Å². The number of aryl methyl sites for hydroxylation is 1. The van der Waals surface area contributed by atoms with Crippen LogP contribution in [0.3, 0.4) is 0 Å². The molecule has 0 heterocycles. The van der Waals surface area contributed by atoms with Gasteiger partial charge < -0.3 is 21.3 Å². The molecule has 0 aliphatic rings. The number of aromatic hydroxyl groups is 1. The molecule has 4 rings (SSSR count). The van der Waals surface area contributed by atoms with E-state index in [1.165, 1.54) is 31.4 Å². The average Bonchev–Trinajstić information content (AvgIpc) is 2.83. The summed E-state index contributed by atoms with van der Waals surface area (Å²) in [6, 6.07) is 15.8. The second-order valence-corrected chi connectivity index (χ2v) is 9.22. The van der Waals surface area contributed by atoms with Crippen molar-refractivity contribution < 1.29 is 22.8 Å². The molecule has 6 N–H and O–H groups in total. The second-order valence-electron chi connectivity index (χ2n) is 7.83. The molecule has 0 atom stereocenters. The Kier molecular flexibility index (Phi) is 6.55. The molecule has 0 aliphatic heterocycles. The Morgan fingerprint density at radius 2 is 1.50 bits per heavy atom. The summed E-state index contributed by atoms with van der Waals surface area (Å²) in [5.74, 6) is -0.227. The van der Waals surface area contributed by atoms with Crippen molar-refractivity contribution in [1.29, 1.82) is 0 Å². The summed E-state index contributed by atoms with van der Waals surface area (Å²) in [6.07, 6.45) is 0. The van der Waals surface area contributed by atoms with E-state index in [-0.39, 0.29) is 16.8 Å². The third kappa shape index (κ3) is 5.09. The van der Waals surface area contributed by atoms with Crippen molar-refractivity contribution >= 4 is 55.0 Å². The monoisotopic (exact) mass is 506 g/mol. The molecule has 0 saturated carbocycles. The summed E-state index contributed by atoms with van der Waals surface area (Å²) >= 11 is 0. The van der Waals surface area contributed by atoms with Crippen LogP contribution in [0.5, 0.6) is 11.5 Å². The Bertz CT molecular complexity index is 1630. The van der Waals surface area contributed by atoms with Gasteiger partial charge in [0.15, 0.2) is 5.75 Å². The van der Waals surface area contributed by atoms with Crippen molar-refractivity contribution in [3.05, 3.63) is 66.2 Å². The molecule has 0 fully saturated rings. The number of rotatable bonds is 6. The zero-order chi connectivity index (χ0) is 26.0. The fourth-order valence-electron chi connectivity index (χ4n) is 3.42. The van der Waals surface area contributed by atoms with Crippen LogP contribution in [0.2, 0.25) is 0 Å². The van der Waals surface area contributed by atoms with E-state index in [1.807, 2.05) is 0 Å². The standard InChI is InChI=1S/C24H22N6O5S/c1-13-9-20(21(35-2)12-19(13)28-27-17-7-5-15(25)6-8-17)29-30-23-22(36(32,33)34)10-14-3-4-16(26)11-18(14)24(23)31/h3-12,31H,25-26H2,1-2H3,(H,32,33,34). The lowest BCUT2D eigenvalue weighted by molar-refractivity contribution is 0.416. The summed E-state index contributed by atoms with van der Waals surface area (Å²) in [5.41, 5.74) is 14.0. The largest absolute Gasteiger partial charge is 0.505 e. The topological polar surface area (TPSA) is 185 Å². The molecule has 0 saturated heterocycles. The summed E-state index contributed by atoms with van der Waals surface area (Å²) in [6.45, 7) is 1.77. The van der Waals surface area contributed by atoms with Gasteiger partial charge >= 0.3 is 0 Å². The lowest BCUT2D eigenvalue weighted by Gasteiger charge is -2.10. The van der Waals surface area contributed by atoms with Gasteiger partial charge in [0.2, 0.25) is 0 Å². The van der Waals surface area contributed by atoms with Gasteiger partial charge in [0.05, 0.1) is 18.5 Å². The first-order chi connectivity index (χ1) is 17.1. The van der Waals surface area contributed by atoms with E-state index in [4.69, 9.17) is 16.2 Å². The fourth-order valence-corrected chi connectivity index (χ4v) is 4.08. The first-order valence-corrected chi connectivity index (χ1v) is 11.9. The minimum atomic E-state index is -4.74. The smallest absolute Gasteiger partial charge is 0.296 e. The summed E-state index contributed by atoms with van der Waals surface area (Å²) < 4.78 is 39.2. The number of nitrogens with zero attached hydrogens (tertiary/aromatic N) is 4. The Labute approximate surface area is 206 Å². The number of nitrogens with two attached hydrogens (primary N) is 2. The highest BCUT2D eigenvalue weighted by molar-refractivity contribution is 7.86. The lowest BCUT2D eigenvalue weighted by atomic mass is 10.1. The van der Waals surface area contributed by atoms with E-state index < -0.39 is 26.5 Å². The van der Waals surface area contributed by atoms with Crippen molar-refractivity contribution in [2.45, 2.75) is 11.8 Å². The minimum Gasteiger partial charge on any atom is -0.505 e. The number of anilines is 2. The molecule has 184 valence electrons. The minimum absolute atomic E-state index is 0.231. The first kappa shape index (κ1) is 24.6. The Morgan fingerprint density at radius 1 is 0.833 bits per heavy atom. The Morgan fingerprint density at radius 3 is 2.17 bits per heavy atom. The fraction of sp³-hybridized carbons (Fsp3) is 0.0833. The molecular weight excluding hydrogens is 484 g/mol. The SMILES string of the molecule is COc1cc(N=Nc2ccc(N)cc2)c(C)cc1N=Nc1c(S(=O)(=O)O)cc2ccc(N)cc2c1O. The number of nitrogen functional groups attached to an aromatic ring is 2. The van der Waals surface area contributed by atoms with Crippen molar-refractivity contribution in [3.63, 3.8) is 0 Å². The molecule has 0 radical (unpaired) electrons. The lowest BCUT2D eigenvalue weighted by Crippen LogP contribution is -1.99. The van der Waals surface area contributed by atoms with E-state index >= 15 is 0 Å². The molecule has 0 amide bonds. The predicted octanol–water partition coefficient (Wildman–Crippen LogP) is 6.10. The molecule has 0 aliphatic carbocycles. The van der Waals surface area contributed by atoms with Crippen molar-refractivity contribution in [1.82, 2.24) is 0 Å². The third-order valence-corrected chi connectivity index (χ3v) is 6.14. The van der Waals surface area contributed by atoms with Crippen LogP contribution in [-0.2, 0) is 10.1 Å². The van der Waals surface area contributed by atoms with Gasteiger partial charge in [-0.1, -0.05) is 6.07 Å². The number of fused-ring (bicyclic) bond motifs is 1. The van der Waals surface area contributed by atoms with Crippen LogP contribution in [0.4, 0.5) is 34.1 Å². The molecule has 12 heteroatoms. The number of phenolic OH excluding ortho intramolecular Hbond substituents is 1. The average molecular weight is 507 g/mol. The zero-order valence-corrected chi connectivity index (χ0v) is 20.1. The summed E-state index contributed by atoms with van der Waals surface area (Å²) in [4.78, 5) is -0.606. The number of azo groups is 2. The van der Waals surface area contributed by atoms with Crippen LogP contribution in [0.1, 0.15) is 5.56 Å². The van der Waals surface area contributed by atoms with Gasteiger partial charge in [-0.3, -0.25) is 4.55 Å². The van der Waals surface area contributed by atoms with E-state index in [0.29, 0.717) is 33.7 Å². The number of phenols is 1. The van der Waals surface area contributed by atoms with Crippen LogP contribution in [-0.4, -0.2) is 25.2 Å². The Hall–Kier alpha value is -4.55. The number of hydrogen-bond acceptors (Lipinski definition) is 10. The van der Waals surface area contributed by atoms with E-state index in [2.05, 4.69) is 20.5 Å². The van der Waals surface area contributed by atoms with E-state index in [9.17, 15) is 18.1 Å². The molecule has 0 bridgehead atoms. The molecular formula is C24H22N6O5S. The molecule has 36 heavy (non-hydrogen) atoms. The van der Waals surface area contributed by atoms with Crippen LogP contribution in [0, 0.1) is 6.92 Å². The highest BCUT2D eigenvalue weighted by Gasteiger charge is 2.22. The van der Waals surface area contributed by atoms with Gasteiger partial charge in [0.1, 0.15) is 22.0 Å². The third-order valence-electron chi connectivity index (χ3n) is 5.28. The van der Waals surface area contributed by atoms with E-state index in [0.717, 1.165) is 0 Å². The van der Waals surface area contributed by atoms with Crippen molar-refractivity contribution in [2.24, 2.45) is 20.5 Å². The first-order valence-electron chi connectivity index (χ1n) is 10.5. The van der Waals surface area contributed by atoms with Crippen LogP contribution in [0.15, 0.2) is 86.0 Å². The summed E-state index contributed by atoms with van der Waals surface area (Å²) in [7, 11) is -3.32. The molecule has 4 aromatic rings. The molecule has 11 nitrogen and oxygen atoms in total. The Balaban J connectivity index is 1.77. The van der Waals surface area contributed by atoms with E-state index in [1.54, 1.807) is 43.3 Å². The van der Waals surface area contributed by atoms with Crippen LogP contribution in [0.25, 0.3) is 10.8 Å². The van der Waals surface area contributed by atoms with Crippen molar-refractivity contribution in [2.75, 3.05) is 18.6 Å². The van der Waals surface area contributed by atoms with Crippen molar-refractivity contribution in [3.8, 4) is 11.5 Å². The molecule has 0 unspecified atom stereocenters. The second kappa shape index (κ2) is 9.60. The van der Waals surface area contributed by atoms with Gasteiger partial charge in [-0.2, -0.15) is 18.6 Å². The van der Waals surface area contributed by atoms with Gasteiger partial charge in [-0.25, -0.2) is 0 Å².